The summed E-state index contributed by atoms with van der Waals surface area (Å²) in [6.45, 7) is 6.90. The van der Waals surface area contributed by atoms with Crippen molar-refractivity contribution in [1.29, 1.82) is 0 Å². The summed E-state index contributed by atoms with van der Waals surface area (Å²) in [7, 11) is -3.50. The monoisotopic (exact) mass is 449 g/mol. The Morgan fingerprint density at radius 2 is 1.93 bits per heavy atom. The van der Waals surface area contributed by atoms with Crippen LogP contribution in [0.15, 0.2) is 46.2 Å². The van der Waals surface area contributed by atoms with Crippen molar-refractivity contribution >= 4 is 27.1 Å². The molecule has 8 heteroatoms. The zero-order chi connectivity index (χ0) is 21.7. The van der Waals surface area contributed by atoms with E-state index in [2.05, 4.69) is 31.2 Å². The smallest absolute Gasteiger partial charge is 0.287 e. The molecule has 3 fully saturated rings. The third-order valence-electron chi connectivity index (χ3n) is 7.35. The Balaban J connectivity index is 1.46. The molecule has 0 amide bonds. The lowest BCUT2D eigenvalue weighted by Crippen LogP contribution is -2.58. The van der Waals surface area contributed by atoms with Crippen molar-refractivity contribution in [2.45, 2.75) is 51.1 Å². The van der Waals surface area contributed by atoms with Gasteiger partial charge in [0.2, 0.25) is 0 Å². The highest BCUT2D eigenvalue weighted by atomic mass is 35.5. The molecule has 1 aromatic carbocycles. The predicted molar refractivity (Wildman–Crippen MR) is 119 cm³/mol. The van der Waals surface area contributed by atoms with E-state index in [1.807, 2.05) is 0 Å². The standard InChI is InChI=1S/C22H28ClN3O3S/c1-14-17-11-15(22(17,2)3)12-18(14)25-19-13-24-26(21(27)20(19)23)9-10-30(28,29)16-7-5-4-6-8-16/h4-8,13-15,17-18,25H,9-12H2,1-3H3/t14-,15+,17-,18-/m1/s1. The SMILES string of the molecule is C[C@@H]1[C@H]2C[C@@H](C[C@H]1Nc1cnn(CCS(=O)(=O)c3ccccc3)c(=O)c1Cl)C2(C)C. The third-order valence-corrected chi connectivity index (χ3v) is 9.43. The van der Waals surface area contributed by atoms with E-state index in [0.29, 0.717) is 28.9 Å². The van der Waals surface area contributed by atoms with Crippen LogP contribution in [0.25, 0.3) is 0 Å². The van der Waals surface area contributed by atoms with Gasteiger partial charge in [-0.05, 0) is 48.1 Å². The molecule has 0 aliphatic heterocycles. The highest BCUT2D eigenvalue weighted by Gasteiger charge is 2.56. The van der Waals surface area contributed by atoms with Gasteiger partial charge in [0.25, 0.3) is 5.56 Å². The summed E-state index contributed by atoms with van der Waals surface area (Å²) in [4.78, 5) is 12.9. The molecule has 0 unspecified atom stereocenters. The van der Waals surface area contributed by atoms with Crippen LogP contribution >= 0.6 is 11.6 Å². The lowest BCUT2D eigenvalue weighted by atomic mass is 9.45. The number of aryl methyl sites for hydroxylation is 1. The number of anilines is 1. The number of sulfone groups is 1. The van der Waals surface area contributed by atoms with E-state index in [9.17, 15) is 13.2 Å². The number of benzene rings is 1. The first-order chi connectivity index (χ1) is 14.1. The summed E-state index contributed by atoms with van der Waals surface area (Å²) >= 11 is 6.35. The highest BCUT2D eigenvalue weighted by molar-refractivity contribution is 7.91. The predicted octanol–water partition coefficient (Wildman–Crippen LogP) is 3.85. The average Bonchev–Trinajstić information content (AvgIpc) is 2.72. The summed E-state index contributed by atoms with van der Waals surface area (Å²) in [6, 6.07) is 8.45. The summed E-state index contributed by atoms with van der Waals surface area (Å²) in [5, 5.41) is 7.68. The fourth-order valence-corrected chi connectivity index (χ4v) is 6.64. The van der Waals surface area contributed by atoms with Crippen LogP contribution in [0, 0.1) is 23.2 Å². The van der Waals surface area contributed by atoms with Crippen LogP contribution < -0.4 is 10.9 Å². The Hall–Kier alpha value is -1.86. The second kappa shape index (κ2) is 7.68. The molecule has 2 aromatic rings. The van der Waals surface area contributed by atoms with Gasteiger partial charge in [-0.3, -0.25) is 4.79 Å². The van der Waals surface area contributed by atoms with Crippen LogP contribution in [-0.4, -0.2) is 30.0 Å². The summed E-state index contributed by atoms with van der Waals surface area (Å²) in [6.07, 6.45) is 3.87. The summed E-state index contributed by atoms with van der Waals surface area (Å²) in [5.41, 5.74) is 0.437. The van der Waals surface area contributed by atoms with Crippen molar-refractivity contribution in [3.05, 3.63) is 51.9 Å². The van der Waals surface area contributed by atoms with Gasteiger partial charge in [0.1, 0.15) is 5.02 Å². The maximum Gasteiger partial charge on any atom is 0.287 e. The molecule has 0 saturated heterocycles. The molecule has 1 heterocycles. The third kappa shape index (κ3) is 3.66. The van der Waals surface area contributed by atoms with E-state index < -0.39 is 15.4 Å². The Morgan fingerprint density at radius 3 is 2.57 bits per heavy atom. The first-order valence-electron chi connectivity index (χ1n) is 10.4. The lowest BCUT2D eigenvalue weighted by Gasteiger charge is -2.62. The highest BCUT2D eigenvalue weighted by Crippen LogP contribution is 2.61. The van der Waals surface area contributed by atoms with Crippen molar-refractivity contribution in [3.8, 4) is 0 Å². The van der Waals surface area contributed by atoms with Gasteiger partial charge < -0.3 is 5.32 Å². The molecule has 0 radical (unpaired) electrons. The number of rotatable bonds is 6. The van der Waals surface area contributed by atoms with E-state index in [4.69, 9.17) is 11.6 Å². The molecule has 3 aliphatic carbocycles. The molecule has 6 nitrogen and oxygen atoms in total. The largest absolute Gasteiger partial charge is 0.379 e. The van der Waals surface area contributed by atoms with Crippen molar-refractivity contribution in [2.24, 2.45) is 23.2 Å². The normalized spacial score (nSPS) is 27.3. The Bertz CT molecular complexity index is 1100. The van der Waals surface area contributed by atoms with Gasteiger partial charge in [-0.15, -0.1) is 0 Å². The maximum atomic E-state index is 12.7. The molecular formula is C22H28ClN3O3S. The van der Waals surface area contributed by atoms with Gasteiger partial charge in [-0.1, -0.05) is 50.6 Å². The number of fused-ring (bicyclic) bond motifs is 2. The molecule has 162 valence electrons. The second-order valence-electron chi connectivity index (χ2n) is 9.24. The Morgan fingerprint density at radius 1 is 1.23 bits per heavy atom. The quantitative estimate of drug-likeness (QED) is 0.724. The molecule has 5 rings (SSSR count). The van der Waals surface area contributed by atoms with Gasteiger partial charge in [0.15, 0.2) is 9.84 Å². The van der Waals surface area contributed by atoms with Crippen molar-refractivity contribution in [1.82, 2.24) is 9.78 Å². The number of nitrogens with zero attached hydrogens (tertiary/aromatic N) is 2. The Labute approximate surface area is 182 Å². The molecule has 4 atom stereocenters. The fraction of sp³-hybridized carbons (Fsp3) is 0.545. The van der Waals surface area contributed by atoms with Crippen LogP contribution in [0.3, 0.4) is 0 Å². The molecule has 30 heavy (non-hydrogen) atoms. The number of hydrogen-bond donors (Lipinski definition) is 1. The first kappa shape index (κ1) is 21.4. The van der Waals surface area contributed by atoms with Crippen LogP contribution in [0.5, 0.6) is 0 Å². The minimum Gasteiger partial charge on any atom is -0.379 e. The van der Waals surface area contributed by atoms with Gasteiger partial charge in [0, 0.05) is 6.04 Å². The minimum atomic E-state index is -3.50. The van der Waals surface area contributed by atoms with Crippen molar-refractivity contribution in [2.75, 3.05) is 11.1 Å². The van der Waals surface area contributed by atoms with E-state index in [1.54, 1.807) is 30.3 Å². The number of hydrogen-bond acceptors (Lipinski definition) is 5. The zero-order valence-electron chi connectivity index (χ0n) is 17.5. The molecule has 3 saturated carbocycles. The van der Waals surface area contributed by atoms with E-state index in [1.165, 1.54) is 12.6 Å². The topological polar surface area (TPSA) is 81.1 Å². The maximum absolute atomic E-state index is 12.7. The molecular weight excluding hydrogens is 422 g/mol. The van der Waals surface area contributed by atoms with Crippen LogP contribution in [-0.2, 0) is 16.4 Å². The Kier molecular flexibility index (Phi) is 5.47. The zero-order valence-corrected chi connectivity index (χ0v) is 19.1. The lowest BCUT2D eigenvalue weighted by molar-refractivity contribution is -0.105. The summed E-state index contributed by atoms with van der Waals surface area (Å²) < 4.78 is 26.1. The molecule has 0 spiro atoms. The summed E-state index contributed by atoms with van der Waals surface area (Å²) in [5.74, 6) is 1.63. The minimum absolute atomic E-state index is 0.0474. The molecule has 3 aliphatic rings. The van der Waals surface area contributed by atoms with Gasteiger partial charge in [-0.2, -0.15) is 5.10 Å². The van der Waals surface area contributed by atoms with Gasteiger partial charge in [0.05, 0.1) is 29.1 Å². The van der Waals surface area contributed by atoms with Crippen LogP contribution in [0.4, 0.5) is 5.69 Å². The second-order valence-corrected chi connectivity index (χ2v) is 11.7. The first-order valence-corrected chi connectivity index (χ1v) is 12.4. The fourth-order valence-electron chi connectivity index (χ4n) is 5.22. The van der Waals surface area contributed by atoms with E-state index in [-0.39, 0.29) is 28.3 Å². The van der Waals surface area contributed by atoms with Gasteiger partial charge >= 0.3 is 0 Å². The number of nitrogens with one attached hydrogen (secondary N) is 1. The number of halogens is 1. The van der Waals surface area contributed by atoms with Gasteiger partial charge in [-0.25, -0.2) is 13.1 Å². The van der Waals surface area contributed by atoms with E-state index >= 15 is 0 Å². The van der Waals surface area contributed by atoms with E-state index in [0.717, 1.165) is 11.1 Å². The molecule has 2 bridgehead atoms. The molecule has 1 N–H and O–H groups in total. The van der Waals surface area contributed by atoms with Crippen LogP contribution in [0.2, 0.25) is 5.02 Å². The number of aromatic nitrogens is 2. The van der Waals surface area contributed by atoms with Crippen molar-refractivity contribution < 1.29 is 8.42 Å². The molecule has 1 aromatic heterocycles. The average molecular weight is 450 g/mol. The van der Waals surface area contributed by atoms with Crippen molar-refractivity contribution in [3.63, 3.8) is 0 Å². The van der Waals surface area contributed by atoms with Crippen LogP contribution in [0.1, 0.15) is 33.6 Å².